The number of hydrogen-bond donors (Lipinski definition) is 2. The first kappa shape index (κ1) is 19.8. The zero-order chi connectivity index (χ0) is 17.8. The number of nitrogens with one attached hydrogen (secondary N) is 1. The number of rotatable bonds is 8. The maximum absolute atomic E-state index is 11.0. The van der Waals surface area contributed by atoms with Crippen LogP contribution in [0.4, 0.5) is 5.82 Å². The highest BCUT2D eigenvalue weighted by Gasteiger charge is 2.01. The standard InChI is InChI=1S/C12H22O2.C8H8N2/c1-4-5-6-7-8-9-10-14-12(13)11(2)3;9-8-5-6-3-1-2-4-7(6)10-8/h2,4-10H2,1,3H3;1-5,10H,9H2. The van der Waals surface area contributed by atoms with Crippen LogP contribution in [-0.2, 0) is 9.53 Å². The molecule has 0 amide bonds. The predicted molar refractivity (Wildman–Crippen MR) is 102 cm³/mol. The Labute approximate surface area is 145 Å². The number of benzene rings is 1. The smallest absolute Gasteiger partial charge is 0.333 e. The number of hydrogen-bond acceptors (Lipinski definition) is 3. The molecule has 0 saturated carbocycles. The van der Waals surface area contributed by atoms with Crippen LogP contribution < -0.4 is 5.73 Å². The summed E-state index contributed by atoms with van der Waals surface area (Å²) in [6, 6.07) is 9.94. The average Bonchev–Trinajstić information content (AvgIpc) is 2.94. The molecule has 0 aliphatic heterocycles. The van der Waals surface area contributed by atoms with Crippen molar-refractivity contribution in [1.29, 1.82) is 0 Å². The van der Waals surface area contributed by atoms with Gasteiger partial charge in [0.25, 0.3) is 0 Å². The van der Waals surface area contributed by atoms with Crippen molar-refractivity contribution < 1.29 is 9.53 Å². The van der Waals surface area contributed by atoms with Gasteiger partial charge in [-0.15, -0.1) is 0 Å². The Balaban J connectivity index is 0.000000250. The molecule has 2 rings (SSSR count). The van der Waals surface area contributed by atoms with Crippen LogP contribution in [-0.4, -0.2) is 17.6 Å². The van der Waals surface area contributed by atoms with Gasteiger partial charge in [0.2, 0.25) is 0 Å². The molecule has 0 aliphatic carbocycles. The maximum atomic E-state index is 11.0. The number of aromatic nitrogens is 1. The number of ether oxygens (including phenoxy) is 1. The number of nitrogens with two attached hydrogens (primary N) is 1. The van der Waals surface area contributed by atoms with E-state index in [4.69, 9.17) is 10.5 Å². The van der Waals surface area contributed by atoms with Crippen molar-refractivity contribution in [2.24, 2.45) is 0 Å². The van der Waals surface area contributed by atoms with Crippen LogP contribution in [0.1, 0.15) is 52.4 Å². The molecule has 0 aliphatic rings. The topological polar surface area (TPSA) is 68.1 Å². The third-order valence-electron chi connectivity index (χ3n) is 3.63. The number of fused-ring (bicyclic) bond motifs is 1. The average molecular weight is 330 g/mol. The normalized spacial score (nSPS) is 10.1. The van der Waals surface area contributed by atoms with Crippen LogP contribution in [0.3, 0.4) is 0 Å². The lowest BCUT2D eigenvalue weighted by molar-refractivity contribution is -0.139. The van der Waals surface area contributed by atoms with E-state index in [0.29, 0.717) is 12.2 Å². The van der Waals surface area contributed by atoms with E-state index in [2.05, 4.69) is 18.5 Å². The molecule has 0 atom stereocenters. The third-order valence-corrected chi connectivity index (χ3v) is 3.63. The summed E-state index contributed by atoms with van der Waals surface area (Å²) in [5.41, 5.74) is 7.11. The van der Waals surface area contributed by atoms with Crippen molar-refractivity contribution in [2.75, 3.05) is 12.3 Å². The summed E-state index contributed by atoms with van der Waals surface area (Å²) in [4.78, 5) is 14.0. The lowest BCUT2D eigenvalue weighted by Crippen LogP contribution is -2.05. The quantitative estimate of drug-likeness (QED) is 0.396. The fourth-order valence-electron chi connectivity index (χ4n) is 2.27. The number of carbonyl (C=O) groups is 1. The lowest BCUT2D eigenvalue weighted by atomic mass is 10.1. The van der Waals surface area contributed by atoms with E-state index in [9.17, 15) is 4.79 Å². The SMILES string of the molecule is C=C(C)C(=O)OCCCCCCCC.Nc1cc2ccccc2[nH]1. The molecule has 132 valence electrons. The first-order chi connectivity index (χ1) is 11.5. The van der Waals surface area contributed by atoms with E-state index in [1.54, 1.807) is 6.92 Å². The Morgan fingerprint density at radius 3 is 2.50 bits per heavy atom. The molecular formula is C20H30N2O2. The molecule has 0 saturated heterocycles. The number of H-pyrrole nitrogens is 1. The largest absolute Gasteiger partial charge is 0.462 e. The van der Waals surface area contributed by atoms with Gasteiger partial charge in [-0.1, -0.05) is 63.8 Å². The highest BCUT2D eigenvalue weighted by molar-refractivity contribution is 5.86. The molecular weight excluding hydrogens is 300 g/mol. The Kier molecular flexibility index (Phi) is 9.35. The van der Waals surface area contributed by atoms with Crippen molar-refractivity contribution in [2.45, 2.75) is 52.4 Å². The van der Waals surface area contributed by atoms with Gasteiger partial charge in [0.15, 0.2) is 0 Å². The summed E-state index contributed by atoms with van der Waals surface area (Å²) in [5, 5.41) is 1.17. The Morgan fingerprint density at radius 2 is 1.83 bits per heavy atom. The van der Waals surface area contributed by atoms with Crippen molar-refractivity contribution >= 4 is 22.7 Å². The van der Waals surface area contributed by atoms with Crippen molar-refractivity contribution in [3.05, 3.63) is 42.5 Å². The first-order valence-corrected chi connectivity index (χ1v) is 8.70. The van der Waals surface area contributed by atoms with E-state index in [1.807, 2.05) is 30.3 Å². The zero-order valence-corrected chi connectivity index (χ0v) is 14.9. The number of esters is 1. The number of unbranched alkanes of at least 4 members (excludes halogenated alkanes) is 5. The van der Waals surface area contributed by atoms with E-state index in [1.165, 1.54) is 31.1 Å². The van der Waals surface area contributed by atoms with Crippen LogP contribution in [0.25, 0.3) is 10.9 Å². The summed E-state index contributed by atoms with van der Waals surface area (Å²) in [6.45, 7) is 7.93. The van der Waals surface area contributed by atoms with Gasteiger partial charge in [-0.05, 0) is 25.5 Å². The minimum Gasteiger partial charge on any atom is -0.462 e. The molecule has 1 aromatic carbocycles. The van der Waals surface area contributed by atoms with E-state index in [-0.39, 0.29) is 5.97 Å². The van der Waals surface area contributed by atoms with Crippen LogP contribution in [0.2, 0.25) is 0 Å². The lowest BCUT2D eigenvalue weighted by Gasteiger charge is -2.03. The number of carbonyl (C=O) groups excluding carboxylic acids is 1. The second-order valence-electron chi connectivity index (χ2n) is 6.00. The fraction of sp³-hybridized carbons (Fsp3) is 0.450. The molecule has 0 spiro atoms. The Morgan fingerprint density at radius 1 is 1.17 bits per heavy atom. The van der Waals surface area contributed by atoms with Crippen LogP contribution in [0.15, 0.2) is 42.5 Å². The third kappa shape index (κ3) is 7.86. The maximum Gasteiger partial charge on any atom is 0.333 e. The molecule has 0 radical (unpaired) electrons. The first-order valence-electron chi connectivity index (χ1n) is 8.70. The Bertz CT molecular complexity index is 598. The summed E-state index contributed by atoms with van der Waals surface area (Å²) in [5.74, 6) is 0.458. The van der Waals surface area contributed by atoms with Gasteiger partial charge >= 0.3 is 5.97 Å². The van der Waals surface area contributed by atoms with Crippen LogP contribution >= 0.6 is 0 Å². The van der Waals surface area contributed by atoms with Gasteiger partial charge in [-0.25, -0.2) is 4.79 Å². The molecule has 3 N–H and O–H groups in total. The molecule has 1 heterocycles. The Hall–Kier alpha value is -2.23. The van der Waals surface area contributed by atoms with Crippen molar-refractivity contribution in [3.8, 4) is 0 Å². The second-order valence-corrected chi connectivity index (χ2v) is 6.00. The minimum atomic E-state index is -0.265. The van der Waals surface area contributed by atoms with Crippen molar-refractivity contribution in [3.63, 3.8) is 0 Å². The molecule has 24 heavy (non-hydrogen) atoms. The molecule has 0 bridgehead atoms. The highest BCUT2D eigenvalue weighted by atomic mass is 16.5. The predicted octanol–water partition coefficient (Wildman–Crippen LogP) is 5.22. The molecule has 4 heteroatoms. The van der Waals surface area contributed by atoms with E-state index >= 15 is 0 Å². The minimum absolute atomic E-state index is 0.265. The summed E-state index contributed by atoms with van der Waals surface area (Å²) < 4.78 is 4.97. The fourth-order valence-corrected chi connectivity index (χ4v) is 2.27. The molecule has 2 aromatic rings. The summed E-state index contributed by atoms with van der Waals surface area (Å²) >= 11 is 0. The summed E-state index contributed by atoms with van der Waals surface area (Å²) in [7, 11) is 0. The number of nitrogen functional groups attached to an aromatic ring is 1. The van der Waals surface area contributed by atoms with Gasteiger partial charge in [0.1, 0.15) is 5.82 Å². The van der Waals surface area contributed by atoms with Crippen LogP contribution in [0.5, 0.6) is 0 Å². The molecule has 4 nitrogen and oxygen atoms in total. The molecule has 0 fully saturated rings. The zero-order valence-electron chi connectivity index (χ0n) is 14.9. The van der Waals surface area contributed by atoms with Gasteiger partial charge in [-0.3, -0.25) is 0 Å². The molecule has 0 unspecified atom stereocenters. The monoisotopic (exact) mass is 330 g/mol. The number of para-hydroxylation sites is 1. The van der Waals surface area contributed by atoms with Gasteiger partial charge < -0.3 is 15.5 Å². The number of aromatic amines is 1. The number of anilines is 1. The van der Waals surface area contributed by atoms with Gasteiger partial charge in [-0.2, -0.15) is 0 Å². The second kappa shape index (κ2) is 11.3. The van der Waals surface area contributed by atoms with Gasteiger partial charge in [0, 0.05) is 16.5 Å². The summed E-state index contributed by atoms with van der Waals surface area (Å²) in [6.07, 6.45) is 7.26. The van der Waals surface area contributed by atoms with Crippen LogP contribution in [0, 0.1) is 0 Å². The van der Waals surface area contributed by atoms with Gasteiger partial charge in [0.05, 0.1) is 6.61 Å². The van der Waals surface area contributed by atoms with Crippen molar-refractivity contribution in [1.82, 2.24) is 4.98 Å². The van der Waals surface area contributed by atoms with E-state index in [0.717, 1.165) is 24.2 Å². The highest BCUT2D eigenvalue weighted by Crippen LogP contribution is 2.14. The molecule has 1 aromatic heterocycles. The van der Waals surface area contributed by atoms with E-state index < -0.39 is 0 Å².